The molecule has 1 aliphatic rings. The molecule has 0 bridgehead atoms. The van der Waals surface area contributed by atoms with Gasteiger partial charge in [0.1, 0.15) is 10.9 Å². The number of carbonyl (C=O) groups excluding carboxylic acids is 3. The molecule has 12 nitrogen and oxygen atoms in total. The van der Waals surface area contributed by atoms with Crippen molar-refractivity contribution in [3.63, 3.8) is 0 Å². The van der Waals surface area contributed by atoms with Gasteiger partial charge >= 0.3 is 5.97 Å². The van der Waals surface area contributed by atoms with Crippen LogP contribution in [0.1, 0.15) is 73.1 Å². The van der Waals surface area contributed by atoms with Crippen molar-refractivity contribution in [3.05, 3.63) is 56.2 Å². The lowest BCUT2D eigenvalue weighted by Crippen LogP contribution is -2.40. The number of thiazole rings is 1. The third kappa shape index (κ3) is 7.51. The number of methoxy groups -OCH3 is 3. The maximum absolute atomic E-state index is 13.9. The van der Waals surface area contributed by atoms with Crippen molar-refractivity contribution in [2.75, 3.05) is 38.6 Å². The van der Waals surface area contributed by atoms with Gasteiger partial charge in [-0.15, -0.1) is 0 Å². The van der Waals surface area contributed by atoms with E-state index in [-0.39, 0.29) is 34.7 Å². The second kappa shape index (κ2) is 15.3. The molecule has 2 aromatic carbocycles. The summed E-state index contributed by atoms with van der Waals surface area (Å²) < 4.78 is 22.2. The number of aromatic nitrogens is 1. The molecule has 0 unspecified atom stereocenters. The summed E-state index contributed by atoms with van der Waals surface area (Å²) in [5, 5.41) is 9.25. The summed E-state index contributed by atoms with van der Waals surface area (Å²) in [6.07, 6.45) is 1.72. The Morgan fingerprint density at radius 3 is 2.40 bits per heavy atom. The molecule has 0 saturated heterocycles. The number of hydrogen-bond acceptors (Lipinski definition) is 11. The van der Waals surface area contributed by atoms with Gasteiger partial charge in [-0.3, -0.25) is 14.4 Å². The van der Waals surface area contributed by atoms with Crippen molar-refractivity contribution in [3.8, 4) is 28.4 Å². The minimum Gasteiger partial charge on any atom is -0.493 e. The van der Waals surface area contributed by atoms with Crippen molar-refractivity contribution in [1.29, 1.82) is 0 Å². The van der Waals surface area contributed by atoms with Gasteiger partial charge in [-0.05, 0) is 67.5 Å². The first kappa shape index (κ1) is 35.2. The number of carbonyl (C=O) groups is 3. The molecule has 1 heterocycles. The van der Waals surface area contributed by atoms with Gasteiger partial charge in [0.2, 0.25) is 23.0 Å². The number of aryl methyl sites for hydroxylation is 2. The van der Waals surface area contributed by atoms with Gasteiger partial charge in [-0.1, -0.05) is 37.7 Å². The molecule has 3 N–H and O–H groups in total. The minimum absolute atomic E-state index is 0.187. The van der Waals surface area contributed by atoms with Crippen LogP contribution < -0.4 is 35.6 Å². The number of nitrogens with one attached hydrogen (secondary N) is 3. The number of esters is 1. The van der Waals surface area contributed by atoms with Crippen LogP contribution >= 0.6 is 11.3 Å². The van der Waals surface area contributed by atoms with Crippen LogP contribution in [0.5, 0.6) is 17.2 Å². The normalized spacial score (nSPS) is 14.8. The lowest BCUT2D eigenvalue weighted by atomic mass is 9.95. The first-order chi connectivity index (χ1) is 22.5. The number of hydrogen-bond donors (Lipinski definition) is 3. The predicted molar refractivity (Wildman–Crippen MR) is 181 cm³/mol. The van der Waals surface area contributed by atoms with E-state index < -0.39 is 24.0 Å². The van der Waals surface area contributed by atoms with E-state index in [2.05, 4.69) is 20.9 Å². The van der Waals surface area contributed by atoms with Crippen molar-refractivity contribution >= 4 is 39.9 Å². The predicted octanol–water partition coefficient (Wildman–Crippen LogP) is 5.27. The first-order valence-corrected chi connectivity index (χ1v) is 16.3. The summed E-state index contributed by atoms with van der Waals surface area (Å²) in [7, 11) is 4.62. The molecule has 2 amide bonds. The van der Waals surface area contributed by atoms with Gasteiger partial charge in [0.05, 0.1) is 45.4 Å². The molecule has 0 radical (unpaired) electrons. The Morgan fingerprint density at radius 2 is 1.79 bits per heavy atom. The Balaban J connectivity index is 1.81. The van der Waals surface area contributed by atoms with E-state index in [1.54, 1.807) is 33.1 Å². The molecular weight excluding hydrogens is 624 g/mol. The van der Waals surface area contributed by atoms with Crippen LogP contribution in [0, 0.1) is 12.8 Å². The number of benzene rings is 1. The van der Waals surface area contributed by atoms with Crippen LogP contribution in [0.15, 0.2) is 29.1 Å². The fourth-order valence-electron chi connectivity index (χ4n) is 5.72. The van der Waals surface area contributed by atoms with E-state index in [0.29, 0.717) is 58.2 Å². The summed E-state index contributed by atoms with van der Waals surface area (Å²) in [6, 6.07) is 5.55. The van der Waals surface area contributed by atoms with Crippen LogP contribution in [-0.4, -0.2) is 56.7 Å². The molecule has 0 aliphatic heterocycles. The number of nitrogens with zero attached hydrogens (tertiary/aromatic N) is 1. The van der Waals surface area contributed by atoms with Crippen molar-refractivity contribution < 1.29 is 33.3 Å². The Hall–Kier alpha value is -4.65. The molecular formula is C34H42N4O8S. The Labute approximate surface area is 278 Å². The van der Waals surface area contributed by atoms with E-state index in [9.17, 15) is 19.2 Å². The summed E-state index contributed by atoms with van der Waals surface area (Å²) >= 11 is 1.03. The smallest absolute Gasteiger partial charge is 0.350 e. The van der Waals surface area contributed by atoms with Crippen LogP contribution in [0.3, 0.4) is 0 Å². The van der Waals surface area contributed by atoms with Crippen molar-refractivity contribution in [1.82, 2.24) is 10.3 Å². The quantitative estimate of drug-likeness (QED) is 0.218. The fourth-order valence-corrected chi connectivity index (χ4v) is 6.58. The largest absolute Gasteiger partial charge is 0.493 e. The molecule has 3 atom stereocenters. The van der Waals surface area contributed by atoms with Crippen molar-refractivity contribution in [2.45, 2.75) is 66.0 Å². The van der Waals surface area contributed by atoms with Gasteiger partial charge in [0, 0.05) is 12.5 Å². The molecule has 0 spiro atoms. The zero-order chi connectivity index (χ0) is 34.4. The van der Waals surface area contributed by atoms with Gasteiger partial charge in [0.25, 0.3) is 0 Å². The monoisotopic (exact) mass is 666 g/mol. The van der Waals surface area contributed by atoms with Gasteiger partial charge in [-0.25, -0.2) is 9.78 Å². The second-order valence-corrected chi connectivity index (χ2v) is 12.2. The zero-order valence-corrected chi connectivity index (χ0v) is 28.8. The van der Waals surface area contributed by atoms with E-state index in [4.69, 9.17) is 18.9 Å². The lowest BCUT2D eigenvalue weighted by Gasteiger charge is -2.23. The van der Waals surface area contributed by atoms with E-state index in [0.717, 1.165) is 22.5 Å². The molecule has 47 heavy (non-hydrogen) atoms. The SMILES string of the molecule is CCOC(=O)c1sc(NC(=O)[C@H](Nc2ccc3c(cc2=O)[C@@H](NC(C)=O)CCc2cc(OC)c(OC)c(OC)c2-3)[C@H](C)CC)nc1C. The highest BCUT2D eigenvalue weighted by Gasteiger charge is 2.31. The standard InChI is InChI=1S/C34H42N4O8S/c1-9-17(3)28(32(41)38-34-35-18(4)31(47-34)33(42)46-10-2)37-24-14-12-21-22(16-25(24)40)23(36-19(5)39)13-11-20-15-26(43-6)29(44-7)30(45-8)27(20)21/h12,14-17,23,28H,9-11,13H2,1-8H3,(H,36,39)(H,37,40)(H,35,38,41)/t17-,23+,28-/m1/s1. The second-order valence-electron chi connectivity index (χ2n) is 11.2. The summed E-state index contributed by atoms with van der Waals surface area (Å²) in [5.41, 5.74) is 3.20. The van der Waals surface area contributed by atoms with Gasteiger partial charge in [-0.2, -0.15) is 0 Å². The highest BCUT2D eigenvalue weighted by atomic mass is 32.1. The fraction of sp³-hybridized carbons (Fsp3) is 0.441. The summed E-state index contributed by atoms with van der Waals surface area (Å²) in [5.74, 6) is 0.0211. The molecule has 1 aliphatic carbocycles. The van der Waals surface area contributed by atoms with Crippen LogP contribution in [0.2, 0.25) is 0 Å². The van der Waals surface area contributed by atoms with Gasteiger partial charge < -0.3 is 34.9 Å². The molecule has 252 valence electrons. The van der Waals surface area contributed by atoms with Crippen LogP contribution in [-0.2, 0) is 20.7 Å². The Kier molecular flexibility index (Phi) is 11.5. The maximum Gasteiger partial charge on any atom is 0.350 e. The maximum atomic E-state index is 13.9. The molecule has 3 aromatic rings. The third-order valence-corrected chi connectivity index (χ3v) is 9.26. The average Bonchev–Trinajstić information content (AvgIpc) is 3.25. The highest BCUT2D eigenvalue weighted by molar-refractivity contribution is 7.17. The molecule has 4 rings (SSSR count). The lowest BCUT2D eigenvalue weighted by molar-refractivity contribution is -0.120. The third-order valence-electron chi connectivity index (χ3n) is 8.21. The molecule has 1 aromatic heterocycles. The molecule has 0 fully saturated rings. The van der Waals surface area contributed by atoms with E-state index >= 15 is 0 Å². The van der Waals surface area contributed by atoms with Crippen molar-refractivity contribution in [2.24, 2.45) is 5.92 Å². The summed E-state index contributed by atoms with van der Waals surface area (Å²) in [4.78, 5) is 56.8. The molecule has 0 saturated carbocycles. The minimum atomic E-state index is -0.817. The van der Waals surface area contributed by atoms with E-state index in [1.807, 2.05) is 19.9 Å². The Bertz CT molecular complexity index is 1720. The highest BCUT2D eigenvalue weighted by Crippen LogP contribution is 2.50. The average molecular weight is 667 g/mol. The number of ether oxygens (including phenoxy) is 4. The first-order valence-electron chi connectivity index (χ1n) is 15.5. The van der Waals surface area contributed by atoms with Gasteiger partial charge in [0.15, 0.2) is 16.6 Å². The summed E-state index contributed by atoms with van der Waals surface area (Å²) in [6.45, 7) is 8.91. The van der Waals surface area contributed by atoms with E-state index in [1.165, 1.54) is 27.2 Å². The zero-order valence-electron chi connectivity index (χ0n) is 28.0. The number of anilines is 2. The number of fused-ring (bicyclic) bond motifs is 3. The topological polar surface area (TPSA) is 154 Å². The molecule has 13 heteroatoms. The van der Waals surface area contributed by atoms with Crippen LogP contribution in [0.4, 0.5) is 10.8 Å². The number of amides is 2. The van der Waals surface area contributed by atoms with Crippen LogP contribution in [0.25, 0.3) is 11.1 Å². The number of rotatable bonds is 12. The Morgan fingerprint density at radius 1 is 1.06 bits per heavy atom.